The number of aryl methyl sites for hydroxylation is 1. The number of nitrogens with two attached hydrogens (primary N) is 1. The summed E-state index contributed by atoms with van der Waals surface area (Å²) in [5, 5.41) is 0.689. The number of carbonyl (C=O) groups is 1. The van der Waals surface area contributed by atoms with Crippen LogP contribution in [0.5, 0.6) is 11.5 Å². The molecule has 0 aliphatic carbocycles. The van der Waals surface area contributed by atoms with Crippen LogP contribution >= 0.6 is 11.6 Å². The molecule has 122 valence electrons. The van der Waals surface area contributed by atoms with Crippen molar-refractivity contribution >= 4 is 17.5 Å². The molecule has 3 N–H and O–H groups in total. The average molecular weight is 335 g/mol. The highest BCUT2D eigenvalue weighted by Crippen LogP contribution is 2.25. The Morgan fingerprint density at radius 3 is 2.65 bits per heavy atom. The van der Waals surface area contributed by atoms with Crippen LogP contribution in [0, 0.1) is 6.92 Å². The van der Waals surface area contributed by atoms with Crippen LogP contribution in [-0.2, 0) is 6.61 Å². The summed E-state index contributed by atoms with van der Waals surface area (Å²) < 4.78 is 11.4. The van der Waals surface area contributed by atoms with Gasteiger partial charge in [-0.25, -0.2) is 5.84 Å². The van der Waals surface area contributed by atoms with Crippen molar-refractivity contribution in [2.75, 3.05) is 6.61 Å². The van der Waals surface area contributed by atoms with Crippen LogP contribution in [0.3, 0.4) is 0 Å². The zero-order valence-corrected chi connectivity index (χ0v) is 13.8. The molecule has 0 spiro atoms. The Morgan fingerprint density at radius 2 is 2.00 bits per heavy atom. The molecule has 0 atom stereocenters. The molecule has 2 rings (SSSR count). The molecule has 0 bridgehead atoms. The fraction of sp³-hybridized carbons (Fsp3) is 0.235. The van der Waals surface area contributed by atoms with Gasteiger partial charge >= 0.3 is 0 Å². The van der Waals surface area contributed by atoms with Crippen LogP contribution < -0.4 is 20.7 Å². The summed E-state index contributed by atoms with van der Waals surface area (Å²) in [5.74, 6) is 6.18. The largest absolute Gasteiger partial charge is 0.493 e. The number of amides is 1. The molecule has 0 fully saturated rings. The summed E-state index contributed by atoms with van der Waals surface area (Å²) in [4.78, 5) is 11.7. The number of rotatable bonds is 6. The van der Waals surface area contributed by atoms with Gasteiger partial charge in [0.15, 0.2) is 0 Å². The molecule has 0 aromatic heterocycles. The summed E-state index contributed by atoms with van der Waals surface area (Å²) in [7, 11) is 0. The van der Waals surface area contributed by atoms with Gasteiger partial charge in [-0.2, -0.15) is 0 Å². The standard InChI is InChI=1S/C17H19ClN2O3/c1-3-22-16-7-4-12(17(21)20-19)9-13(16)10-23-14-5-6-15(18)11(2)8-14/h4-9H,3,10,19H2,1-2H3,(H,20,21). The number of hydrogen-bond donors (Lipinski definition) is 2. The Hall–Kier alpha value is -2.24. The van der Waals surface area contributed by atoms with Crippen LogP contribution in [0.1, 0.15) is 28.4 Å². The third-order valence-electron chi connectivity index (χ3n) is 3.28. The molecule has 2 aromatic carbocycles. The lowest BCUT2D eigenvalue weighted by Crippen LogP contribution is -2.30. The van der Waals surface area contributed by atoms with Crippen molar-refractivity contribution in [3.63, 3.8) is 0 Å². The van der Waals surface area contributed by atoms with Crippen molar-refractivity contribution < 1.29 is 14.3 Å². The van der Waals surface area contributed by atoms with Crippen LogP contribution in [0.2, 0.25) is 5.02 Å². The Labute approximate surface area is 140 Å². The summed E-state index contributed by atoms with van der Waals surface area (Å²) in [6.07, 6.45) is 0. The van der Waals surface area contributed by atoms with E-state index in [1.165, 1.54) is 0 Å². The second-order valence-corrected chi connectivity index (χ2v) is 5.34. The highest BCUT2D eigenvalue weighted by molar-refractivity contribution is 6.31. The van der Waals surface area contributed by atoms with E-state index in [2.05, 4.69) is 5.43 Å². The molecule has 0 saturated heterocycles. The normalized spacial score (nSPS) is 10.3. The number of halogens is 1. The van der Waals surface area contributed by atoms with E-state index in [0.717, 1.165) is 11.1 Å². The molecule has 2 aromatic rings. The molecule has 1 amide bonds. The number of carbonyl (C=O) groups excluding carboxylic acids is 1. The molecule has 0 radical (unpaired) electrons. The Kier molecular flexibility index (Phi) is 5.84. The van der Waals surface area contributed by atoms with Gasteiger partial charge in [-0.1, -0.05) is 11.6 Å². The van der Waals surface area contributed by atoms with E-state index >= 15 is 0 Å². The lowest BCUT2D eigenvalue weighted by molar-refractivity contribution is 0.0953. The Balaban J connectivity index is 2.21. The SMILES string of the molecule is CCOc1ccc(C(=O)NN)cc1COc1ccc(Cl)c(C)c1. The first-order valence-electron chi connectivity index (χ1n) is 7.20. The fourth-order valence-electron chi connectivity index (χ4n) is 2.08. The number of hydrogen-bond acceptors (Lipinski definition) is 4. The molecule has 6 heteroatoms. The van der Waals surface area contributed by atoms with Crippen molar-refractivity contribution in [3.05, 3.63) is 58.1 Å². The number of nitrogens with one attached hydrogen (secondary N) is 1. The minimum atomic E-state index is -0.364. The second kappa shape index (κ2) is 7.85. The number of benzene rings is 2. The average Bonchev–Trinajstić information content (AvgIpc) is 2.56. The predicted molar refractivity (Wildman–Crippen MR) is 89.8 cm³/mol. The van der Waals surface area contributed by atoms with Gasteiger partial charge in [0.05, 0.1) is 6.61 Å². The molecule has 0 heterocycles. The maximum atomic E-state index is 11.7. The lowest BCUT2D eigenvalue weighted by Gasteiger charge is -2.13. The maximum absolute atomic E-state index is 11.7. The van der Waals surface area contributed by atoms with Crippen molar-refractivity contribution in [2.45, 2.75) is 20.5 Å². The van der Waals surface area contributed by atoms with E-state index in [4.69, 9.17) is 26.9 Å². The van der Waals surface area contributed by atoms with Crippen LogP contribution in [0.15, 0.2) is 36.4 Å². The predicted octanol–water partition coefficient (Wildman–Crippen LogP) is 3.23. The van der Waals surface area contributed by atoms with Crippen molar-refractivity contribution in [2.24, 2.45) is 5.84 Å². The van der Waals surface area contributed by atoms with E-state index in [1.54, 1.807) is 30.3 Å². The van der Waals surface area contributed by atoms with Gasteiger partial charge in [-0.15, -0.1) is 0 Å². The van der Waals surface area contributed by atoms with Gasteiger partial charge in [-0.05, 0) is 55.8 Å². The van der Waals surface area contributed by atoms with Crippen LogP contribution in [0.25, 0.3) is 0 Å². The smallest absolute Gasteiger partial charge is 0.265 e. The van der Waals surface area contributed by atoms with E-state index in [1.807, 2.05) is 19.9 Å². The third kappa shape index (κ3) is 4.37. The molecule has 0 aliphatic heterocycles. The molecule has 0 aliphatic rings. The van der Waals surface area contributed by atoms with Gasteiger partial charge in [0.2, 0.25) is 0 Å². The molecule has 23 heavy (non-hydrogen) atoms. The quantitative estimate of drug-likeness (QED) is 0.483. The molecule has 0 unspecified atom stereocenters. The van der Waals surface area contributed by atoms with Gasteiger partial charge in [0.25, 0.3) is 5.91 Å². The van der Waals surface area contributed by atoms with Crippen molar-refractivity contribution in [1.29, 1.82) is 0 Å². The van der Waals surface area contributed by atoms with Gasteiger partial charge in [0, 0.05) is 16.1 Å². The Bertz CT molecular complexity index is 704. The van der Waals surface area contributed by atoms with Gasteiger partial charge < -0.3 is 9.47 Å². The zero-order valence-electron chi connectivity index (χ0n) is 13.1. The van der Waals surface area contributed by atoms with Crippen molar-refractivity contribution in [3.8, 4) is 11.5 Å². The van der Waals surface area contributed by atoms with E-state index in [9.17, 15) is 4.79 Å². The van der Waals surface area contributed by atoms with E-state index in [0.29, 0.717) is 28.7 Å². The van der Waals surface area contributed by atoms with Crippen LogP contribution in [0.4, 0.5) is 0 Å². The topological polar surface area (TPSA) is 73.6 Å². The molecule has 0 saturated carbocycles. The fourth-order valence-corrected chi connectivity index (χ4v) is 2.20. The first-order chi connectivity index (χ1) is 11.0. The first-order valence-corrected chi connectivity index (χ1v) is 7.58. The van der Waals surface area contributed by atoms with Crippen LogP contribution in [-0.4, -0.2) is 12.5 Å². The molecular weight excluding hydrogens is 316 g/mol. The number of nitrogen functional groups attached to an aromatic ring is 1. The second-order valence-electron chi connectivity index (χ2n) is 4.93. The van der Waals surface area contributed by atoms with Gasteiger partial charge in [0.1, 0.15) is 18.1 Å². The molecular formula is C17H19ClN2O3. The minimum absolute atomic E-state index is 0.266. The summed E-state index contributed by atoms with van der Waals surface area (Å²) in [5.41, 5.74) is 4.26. The summed E-state index contributed by atoms with van der Waals surface area (Å²) in [6.45, 7) is 4.60. The lowest BCUT2D eigenvalue weighted by atomic mass is 10.1. The monoisotopic (exact) mass is 334 g/mol. The highest BCUT2D eigenvalue weighted by Gasteiger charge is 2.11. The Morgan fingerprint density at radius 1 is 1.22 bits per heavy atom. The summed E-state index contributed by atoms with van der Waals surface area (Å²) >= 11 is 6.00. The first kappa shape index (κ1) is 17.1. The third-order valence-corrected chi connectivity index (χ3v) is 3.70. The molecule has 5 nitrogen and oxygen atoms in total. The number of hydrazine groups is 1. The minimum Gasteiger partial charge on any atom is -0.493 e. The van der Waals surface area contributed by atoms with E-state index in [-0.39, 0.29) is 12.5 Å². The zero-order chi connectivity index (χ0) is 16.8. The van der Waals surface area contributed by atoms with Gasteiger partial charge in [-0.3, -0.25) is 10.2 Å². The maximum Gasteiger partial charge on any atom is 0.265 e. The number of ether oxygens (including phenoxy) is 2. The van der Waals surface area contributed by atoms with Crippen molar-refractivity contribution in [1.82, 2.24) is 5.43 Å². The van der Waals surface area contributed by atoms with E-state index < -0.39 is 0 Å². The highest BCUT2D eigenvalue weighted by atomic mass is 35.5. The summed E-state index contributed by atoms with van der Waals surface area (Å²) in [6, 6.07) is 10.5.